The van der Waals surface area contributed by atoms with Crippen LogP contribution in [0.4, 0.5) is 0 Å². The summed E-state index contributed by atoms with van der Waals surface area (Å²) in [5.41, 5.74) is 0. The quantitative estimate of drug-likeness (QED) is 0.218. The van der Waals surface area contributed by atoms with E-state index >= 15 is 0 Å². The topological polar surface area (TPSA) is 27.7 Å². The van der Waals surface area contributed by atoms with Gasteiger partial charge in [-0.15, -0.1) is 0 Å². The molecule has 0 bridgehead atoms. The summed E-state index contributed by atoms with van der Waals surface area (Å²) in [6, 6.07) is 0. The lowest BCUT2D eigenvalue weighted by Gasteiger charge is -2.28. The summed E-state index contributed by atoms with van der Waals surface area (Å²) >= 11 is 0. The zero-order valence-electron chi connectivity index (χ0n) is 20.6. The van der Waals surface area contributed by atoms with Gasteiger partial charge >= 0.3 is 0 Å². The molecule has 0 aromatic rings. The summed E-state index contributed by atoms with van der Waals surface area (Å²) in [5, 5.41) is 0. The van der Waals surface area contributed by atoms with Crippen LogP contribution in [0.15, 0.2) is 0 Å². The van der Waals surface area contributed by atoms with Gasteiger partial charge in [0, 0.05) is 0 Å². The Hall–Kier alpha value is -0.120. The molecule has 3 nitrogen and oxygen atoms in total. The van der Waals surface area contributed by atoms with Crippen LogP contribution in [0.2, 0.25) is 0 Å². The number of ether oxygens (including phenoxy) is 3. The van der Waals surface area contributed by atoms with Gasteiger partial charge in [-0.25, -0.2) is 0 Å². The standard InChI is InChI=1S/C25H52O3/c1-19(2)13-10-16-22(7)26-25(27-23(8)17-11-14-20(3)4)28-24(9)18-12-15-21(5)6/h19-25H,10-18H2,1-9H3. The Bertz CT molecular complexity index is 288. The molecule has 28 heavy (non-hydrogen) atoms. The molecular weight excluding hydrogens is 348 g/mol. The van der Waals surface area contributed by atoms with E-state index in [1.54, 1.807) is 0 Å². The van der Waals surface area contributed by atoms with Crippen LogP contribution < -0.4 is 0 Å². The zero-order chi connectivity index (χ0) is 21.5. The van der Waals surface area contributed by atoms with Crippen molar-refractivity contribution in [2.45, 2.75) is 145 Å². The summed E-state index contributed by atoms with van der Waals surface area (Å²) in [4.78, 5) is 0. The molecule has 0 aliphatic rings. The first-order valence-electron chi connectivity index (χ1n) is 12.1. The minimum atomic E-state index is -0.544. The van der Waals surface area contributed by atoms with Crippen molar-refractivity contribution in [2.24, 2.45) is 17.8 Å². The molecule has 0 aliphatic heterocycles. The van der Waals surface area contributed by atoms with E-state index in [4.69, 9.17) is 14.2 Å². The van der Waals surface area contributed by atoms with Crippen molar-refractivity contribution in [1.29, 1.82) is 0 Å². The molecule has 3 unspecified atom stereocenters. The third-order valence-corrected chi connectivity index (χ3v) is 5.21. The average molecular weight is 401 g/mol. The SMILES string of the molecule is CC(C)CCCC(C)OC(OC(C)CCCC(C)C)OC(C)CCCC(C)C. The van der Waals surface area contributed by atoms with Crippen LogP contribution in [0, 0.1) is 17.8 Å². The van der Waals surface area contributed by atoms with Crippen molar-refractivity contribution in [3.05, 3.63) is 0 Å². The first-order chi connectivity index (χ1) is 13.1. The fourth-order valence-electron chi connectivity index (χ4n) is 3.31. The highest BCUT2D eigenvalue weighted by molar-refractivity contribution is 4.58. The van der Waals surface area contributed by atoms with E-state index in [2.05, 4.69) is 62.3 Å². The fourth-order valence-corrected chi connectivity index (χ4v) is 3.31. The summed E-state index contributed by atoms with van der Waals surface area (Å²) in [6.07, 6.45) is 11.0. The molecule has 0 heterocycles. The molecule has 0 aromatic carbocycles. The average Bonchev–Trinajstić information content (AvgIpc) is 2.53. The van der Waals surface area contributed by atoms with Gasteiger partial charge in [0.2, 0.25) is 0 Å². The molecule has 0 saturated heterocycles. The van der Waals surface area contributed by atoms with E-state index in [0.29, 0.717) is 0 Å². The zero-order valence-corrected chi connectivity index (χ0v) is 20.6. The molecule has 0 saturated carbocycles. The van der Waals surface area contributed by atoms with Crippen molar-refractivity contribution >= 4 is 0 Å². The van der Waals surface area contributed by atoms with Crippen molar-refractivity contribution in [2.75, 3.05) is 0 Å². The first-order valence-corrected chi connectivity index (χ1v) is 12.1. The van der Waals surface area contributed by atoms with E-state index in [1.807, 2.05) is 0 Å². The lowest BCUT2D eigenvalue weighted by Crippen LogP contribution is -2.32. The molecule has 0 aromatic heterocycles. The maximum atomic E-state index is 6.18. The van der Waals surface area contributed by atoms with Gasteiger partial charge in [0.25, 0.3) is 6.48 Å². The number of hydrogen-bond donors (Lipinski definition) is 0. The van der Waals surface area contributed by atoms with E-state index < -0.39 is 6.48 Å². The maximum Gasteiger partial charge on any atom is 0.272 e. The van der Waals surface area contributed by atoms with Crippen LogP contribution in [-0.2, 0) is 14.2 Å². The Morgan fingerprint density at radius 3 is 0.857 bits per heavy atom. The second kappa shape index (κ2) is 16.7. The summed E-state index contributed by atoms with van der Waals surface area (Å²) in [7, 11) is 0. The summed E-state index contributed by atoms with van der Waals surface area (Å²) < 4.78 is 18.6. The fraction of sp³-hybridized carbons (Fsp3) is 1.00. The maximum absolute atomic E-state index is 6.18. The highest BCUT2D eigenvalue weighted by Gasteiger charge is 2.20. The van der Waals surface area contributed by atoms with Gasteiger partial charge in [-0.1, -0.05) is 80.1 Å². The normalized spacial score (nSPS) is 16.7. The second-order valence-electron chi connectivity index (χ2n) is 10.1. The van der Waals surface area contributed by atoms with Gasteiger partial charge in [-0.2, -0.15) is 0 Å². The Labute approximate surface area is 177 Å². The predicted molar refractivity (Wildman–Crippen MR) is 121 cm³/mol. The lowest BCUT2D eigenvalue weighted by atomic mass is 10.0. The number of hydrogen-bond acceptors (Lipinski definition) is 3. The van der Waals surface area contributed by atoms with Crippen LogP contribution in [-0.4, -0.2) is 24.8 Å². The molecule has 0 aliphatic carbocycles. The molecule has 0 spiro atoms. The summed E-state index contributed by atoms with van der Waals surface area (Å²) in [6.45, 7) is 19.5. The largest absolute Gasteiger partial charge is 0.327 e. The van der Waals surface area contributed by atoms with Crippen LogP contribution in [0.5, 0.6) is 0 Å². The van der Waals surface area contributed by atoms with E-state index in [0.717, 1.165) is 37.0 Å². The minimum Gasteiger partial charge on any atom is -0.327 e. The van der Waals surface area contributed by atoms with Crippen LogP contribution in [0.1, 0.15) is 120 Å². The number of rotatable bonds is 18. The van der Waals surface area contributed by atoms with Crippen LogP contribution in [0.3, 0.4) is 0 Å². The minimum absolute atomic E-state index is 0.162. The van der Waals surface area contributed by atoms with E-state index in [-0.39, 0.29) is 18.3 Å². The Morgan fingerprint density at radius 1 is 0.393 bits per heavy atom. The first kappa shape index (κ1) is 27.9. The monoisotopic (exact) mass is 400 g/mol. The Morgan fingerprint density at radius 2 is 0.643 bits per heavy atom. The van der Waals surface area contributed by atoms with Crippen molar-refractivity contribution in [1.82, 2.24) is 0 Å². The van der Waals surface area contributed by atoms with Gasteiger partial charge in [0.15, 0.2) is 0 Å². The molecule has 0 N–H and O–H groups in total. The molecule has 3 heteroatoms. The van der Waals surface area contributed by atoms with E-state index in [9.17, 15) is 0 Å². The van der Waals surface area contributed by atoms with Gasteiger partial charge in [-0.05, 0) is 57.8 Å². The van der Waals surface area contributed by atoms with Gasteiger partial charge in [-0.3, -0.25) is 0 Å². The third kappa shape index (κ3) is 17.9. The summed E-state index contributed by atoms with van der Waals surface area (Å²) in [5.74, 6) is 2.24. The highest BCUT2D eigenvalue weighted by Crippen LogP contribution is 2.19. The van der Waals surface area contributed by atoms with Crippen molar-refractivity contribution < 1.29 is 14.2 Å². The van der Waals surface area contributed by atoms with E-state index in [1.165, 1.54) is 38.5 Å². The Kier molecular flexibility index (Phi) is 16.6. The molecule has 0 radical (unpaired) electrons. The predicted octanol–water partition coefficient (Wildman–Crippen LogP) is 7.96. The van der Waals surface area contributed by atoms with Crippen molar-refractivity contribution in [3.63, 3.8) is 0 Å². The molecule has 3 atom stereocenters. The molecule has 0 fully saturated rings. The molecule has 170 valence electrons. The van der Waals surface area contributed by atoms with Gasteiger partial charge in [0.1, 0.15) is 0 Å². The van der Waals surface area contributed by atoms with Gasteiger partial charge < -0.3 is 14.2 Å². The third-order valence-electron chi connectivity index (χ3n) is 5.21. The van der Waals surface area contributed by atoms with Crippen LogP contribution >= 0.6 is 0 Å². The molecule has 0 rings (SSSR count). The van der Waals surface area contributed by atoms with Crippen LogP contribution in [0.25, 0.3) is 0 Å². The lowest BCUT2D eigenvalue weighted by molar-refractivity contribution is -0.329. The highest BCUT2D eigenvalue weighted by atomic mass is 16.8. The Balaban J connectivity index is 4.49. The molecular formula is C25H52O3. The second-order valence-corrected chi connectivity index (χ2v) is 10.1. The molecule has 0 amide bonds. The van der Waals surface area contributed by atoms with Crippen molar-refractivity contribution in [3.8, 4) is 0 Å². The smallest absolute Gasteiger partial charge is 0.272 e. The van der Waals surface area contributed by atoms with Gasteiger partial charge in [0.05, 0.1) is 18.3 Å².